The molecule has 0 amide bonds. The van der Waals surface area contributed by atoms with Crippen molar-refractivity contribution in [1.82, 2.24) is 4.90 Å². The van der Waals surface area contributed by atoms with E-state index in [0.717, 1.165) is 18.7 Å². The summed E-state index contributed by atoms with van der Waals surface area (Å²) in [6, 6.07) is 5.57. The number of hydrogen-bond acceptors (Lipinski definition) is 3. The fourth-order valence-corrected chi connectivity index (χ4v) is 1.87. The smallest absolute Gasteiger partial charge is 0.160 e. The summed E-state index contributed by atoms with van der Waals surface area (Å²) in [5, 5.41) is 9.69. The Bertz CT molecular complexity index is 352. The lowest BCUT2D eigenvalue weighted by Crippen LogP contribution is -2.23. The van der Waals surface area contributed by atoms with Crippen molar-refractivity contribution in [2.24, 2.45) is 5.92 Å². The van der Waals surface area contributed by atoms with E-state index in [1.807, 2.05) is 12.1 Å². The largest absolute Gasteiger partial charge is 0.504 e. The number of aromatic hydroxyl groups is 1. The summed E-state index contributed by atoms with van der Waals surface area (Å²) >= 11 is 0. The van der Waals surface area contributed by atoms with E-state index >= 15 is 0 Å². The maximum atomic E-state index is 9.69. The Morgan fingerprint density at radius 1 is 1.41 bits per heavy atom. The van der Waals surface area contributed by atoms with Gasteiger partial charge in [-0.25, -0.2) is 0 Å². The molecule has 0 aliphatic rings. The van der Waals surface area contributed by atoms with Crippen molar-refractivity contribution in [1.29, 1.82) is 0 Å². The van der Waals surface area contributed by atoms with Gasteiger partial charge >= 0.3 is 0 Å². The molecule has 0 fully saturated rings. The van der Waals surface area contributed by atoms with Crippen LogP contribution < -0.4 is 4.74 Å². The van der Waals surface area contributed by atoms with E-state index in [-0.39, 0.29) is 5.75 Å². The average Bonchev–Trinajstić information content (AvgIpc) is 2.29. The highest BCUT2D eigenvalue weighted by atomic mass is 16.5. The van der Waals surface area contributed by atoms with Crippen molar-refractivity contribution in [3.05, 3.63) is 23.8 Å². The molecule has 3 heteroatoms. The van der Waals surface area contributed by atoms with Gasteiger partial charge < -0.3 is 14.7 Å². The minimum absolute atomic E-state index is 0.210. The minimum atomic E-state index is 0.210. The quantitative estimate of drug-likeness (QED) is 0.825. The Labute approximate surface area is 104 Å². The Balaban J connectivity index is 2.59. The lowest BCUT2D eigenvalue weighted by Gasteiger charge is -2.20. The van der Waals surface area contributed by atoms with Crippen LogP contribution in [0, 0.1) is 5.92 Å². The predicted octanol–water partition coefficient (Wildman–Crippen LogP) is 2.88. The van der Waals surface area contributed by atoms with Crippen LogP contribution in [-0.2, 0) is 6.54 Å². The van der Waals surface area contributed by atoms with Crippen molar-refractivity contribution >= 4 is 0 Å². The fraction of sp³-hybridized carbons (Fsp3) is 0.571. The maximum Gasteiger partial charge on any atom is 0.160 e. The topological polar surface area (TPSA) is 32.7 Å². The van der Waals surface area contributed by atoms with Crippen LogP contribution in [0.2, 0.25) is 0 Å². The first kappa shape index (κ1) is 13.8. The Morgan fingerprint density at radius 2 is 2.12 bits per heavy atom. The summed E-state index contributed by atoms with van der Waals surface area (Å²) in [6.07, 6.45) is 1.19. The zero-order valence-corrected chi connectivity index (χ0v) is 11.2. The lowest BCUT2D eigenvalue weighted by molar-refractivity contribution is 0.274. The molecular formula is C14H23NO2. The molecule has 0 aliphatic carbocycles. The van der Waals surface area contributed by atoms with Gasteiger partial charge in [0.15, 0.2) is 11.5 Å². The van der Waals surface area contributed by atoms with E-state index in [2.05, 4.69) is 25.8 Å². The van der Waals surface area contributed by atoms with Crippen LogP contribution >= 0.6 is 0 Å². The van der Waals surface area contributed by atoms with Crippen molar-refractivity contribution in [3.63, 3.8) is 0 Å². The highest BCUT2D eigenvalue weighted by molar-refractivity contribution is 5.41. The van der Waals surface area contributed by atoms with Crippen molar-refractivity contribution in [2.75, 3.05) is 20.7 Å². The van der Waals surface area contributed by atoms with E-state index in [1.54, 1.807) is 13.2 Å². The lowest BCUT2D eigenvalue weighted by atomic mass is 10.1. The fourth-order valence-electron chi connectivity index (χ4n) is 1.87. The molecule has 0 heterocycles. The van der Waals surface area contributed by atoms with Crippen molar-refractivity contribution in [2.45, 2.75) is 26.8 Å². The van der Waals surface area contributed by atoms with Crippen LogP contribution in [0.4, 0.5) is 0 Å². The third kappa shape index (κ3) is 4.27. The Hall–Kier alpha value is -1.22. The molecule has 1 unspecified atom stereocenters. The van der Waals surface area contributed by atoms with Crippen molar-refractivity contribution in [3.8, 4) is 11.5 Å². The third-order valence-corrected chi connectivity index (χ3v) is 3.02. The summed E-state index contributed by atoms with van der Waals surface area (Å²) < 4.78 is 5.02. The molecule has 0 aliphatic heterocycles. The normalized spacial score (nSPS) is 12.8. The van der Waals surface area contributed by atoms with E-state index < -0.39 is 0 Å². The first-order valence-electron chi connectivity index (χ1n) is 6.11. The summed E-state index contributed by atoms with van der Waals surface area (Å²) in [5.41, 5.74) is 1.11. The molecule has 1 atom stereocenters. The predicted molar refractivity (Wildman–Crippen MR) is 70.4 cm³/mol. The number of phenolic OH excluding ortho intramolecular Hbond substituents is 1. The van der Waals surface area contributed by atoms with Gasteiger partial charge in [-0.15, -0.1) is 0 Å². The van der Waals surface area contributed by atoms with Gasteiger partial charge in [0, 0.05) is 13.1 Å². The van der Waals surface area contributed by atoms with Crippen LogP contribution in [0.15, 0.2) is 18.2 Å². The molecule has 1 N–H and O–H groups in total. The van der Waals surface area contributed by atoms with Gasteiger partial charge in [0.05, 0.1) is 7.11 Å². The number of ether oxygens (including phenoxy) is 1. The second-order valence-electron chi connectivity index (χ2n) is 4.72. The van der Waals surface area contributed by atoms with Gasteiger partial charge in [0.2, 0.25) is 0 Å². The molecule has 1 aromatic carbocycles. The van der Waals surface area contributed by atoms with Crippen LogP contribution in [-0.4, -0.2) is 30.7 Å². The Kier molecular flexibility index (Phi) is 5.29. The number of benzene rings is 1. The first-order chi connectivity index (χ1) is 8.06. The monoisotopic (exact) mass is 237 g/mol. The molecule has 96 valence electrons. The van der Waals surface area contributed by atoms with E-state index in [9.17, 15) is 5.11 Å². The molecule has 0 aromatic heterocycles. The molecule has 0 bridgehead atoms. The molecule has 0 saturated carbocycles. The molecule has 0 spiro atoms. The number of nitrogens with zero attached hydrogens (tertiary/aromatic N) is 1. The number of methoxy groups -OCH3 is 1. The number of rotatable bonds is 6. The molecule has 0 saturated heterocycles. The van der Waals surface area contributed by atoms with Gasteiger partial charge in [0.25, 0.3) is 0 Å². The van der Waals surface area contributed by atoms with E-state index in [4.69, 9.17) is 4.74 Å². The Morgan fingerprint density at radius 3 is 2.65 bits per heavy atom. The molecule has 3 nitrogen and oxygen atoms in total. The number of hydrogen-bond donors (Lipinski definition) is 1. The SMILES string of the molecule is CCC(C)CN(C)Cc1ccc(OC)c(O)c1. The van der Waals surface area contributed by atoms with E-state index in [1.165, 1.54) is 6.42 Å². The van der Waals surface area contributed by atoms with Crippen LogP contribution in [0.25, 0.3) is 0 Å². The van der Waals surface area contributed by atoms with Gasteiger partial charge in [-0.05, 0) is 30.7 Å². The molecule has 17 heavy (non-hydrogen) atoms. The summed E-state index contributed by atoms with van der Waals surface area (Å²) in [5.74, 6) is 1.44. The second-order valence-corrected chi connectivity index (χ2v) is 4.72. The van der Waals surface area contributed by atoms with Gasteiger partial charge in [0.1, 0.15) is 0 Å². The standard InChI is InChI=1S/C14H23NO2/c1-5-11(2)9-15(3)10-12-6-7-14(17-4)13(16)8-12/h6-8,11,16H,5,9-10H2,1-4H3. The zero-order valence-electron chi connectivity index (χ0n) is 11.2. The summed E-state index contributed by atoms with van der Waals surface area (Å²) in [6.45, 7) is 6.38. The third-order valence-electron chi connectivity index (χ3n) is 3.02. The minimum Gasteiger partial charge on any atom is -0.504 e. The maximum absolute atomic E-state index is 9.69. The second kappa shape index (κ2) is 6.50. The number of phenols is 1. The molecule has 1 aromatic rings. The van der Waals surface area contributed by atoms with Crippen molar-refractivity contribution < 1.29 is 9.84 Å². The van der Waals surface area contributed by atoms with Crippen LogP contribution in [0.5, 0.6) is 11.5 Å². The zero-order chi connectivity index (χ0) is 12.8. The average molecular weight is 237 g/mol. The summed E-state index contributed by atoms with van der Waals surface area (Å²) in [4.78, 5) is 2.27. The van der Waals surface area contributed by atoms with Gasteiger partial charge in [-0.2, -0.15) is 0 Å². The van der Waals surface area contributed by atoms with Crippen LogP contribution in [0.1, 0.15) is 25.8 Å². The first-order valence-corrected chi connectivity index (χ1v) is 6.11. The van der Waals surface area contributed by atoms with Gasteiger partial charge in [-0.1, -0.05) is 26.3 Å². The highest BCUT2D eigenvalue weighted by Crippen LogP contribution is 2.26. The highest BCUT2D eigenvalue weighted by Gasteiger charge is 2.07. The molecule has 1 rings (SSSR count). The molecular weight excluding hydrogens is 214 g/mol. The van der Waals surface area contributed by atoms with E-state index in [0.29, 0.717) is 11.7 Å². The van der Waals surface area contributed by atoms with Gasteiger partial charge in [-0.3, -0.25) is 0 Å². The molecule has 0 radical (unpaired) electrons. The summed E-state index contributed by atoms with van der Waals surface area (Å²) in [7, 11) is 3.66. The van der Waals surface area contributed by atoms with Crippen LogP contribution in [0.3, 0.4) is 0 Å².